The van der Waals surface area contributed by atoms with Gasteiger partial charge >= 0.3 is 0 Å². The maximum absolute atomic E-state index is 13.8. The van der Waals surface area contributed by atoms with Gasteiger partial charge in [-0.25, -0.2) is 12.8 Å². The van der Waals surface area contributed by atoms with E-state index in [1.54, 1.807) is 4.90 Å². The molecule has 1 fully saturated rings. The van der Waals surface area contributed by atoms with Crippen molar-refractivity contribution < 1.29 is 17.6 Å². The van der Waals surface area contributed by atoms with E-state index in [0.29, 0.717) is 19.0 Å². The molecule has 1 aromatic rings. The number of amides is 1. The van der Waals surface area contributed by atoms with E-state index < -0.39 is 20.8 Å². The Balaban J connectivity index is 2.24. The van der Waals surface area contributed by atoms with E-state index in [-0.39, 0.29) is 10.5 Å². The summed E-state index contributed by atoms with van der Waals surface area (Å²) in [5.41, 5.74) is -0.242. The number of halogens is 2. The van der Waals surface area contributed by atoms with Crippen LogP contribution in [-0.4, -0.2) is 32.3 Å². The average Bonchev–Trinajstić information content (AvgIpc) is 2.86. The first-order chi connectivity index (χ1) is 9.82. The van der Waals surface area contributed by atoms with Crippen molar-refractivity contribution in [3.63, 3.8) is 0 Å². The molecule has 4 nitrogen and oxygen atoms in total. The van der Waals surface area contributed by atoms with Crippen molar-refractivity contribution >= 4 is 25.6 Å². The maximum Gasteiger partial charge on any atom is 0.261 e. The maximum atomic E-state index is 13.8. The Morgan fingerprint density at radius 3 is 2.81 bits per heavy atom. The van der Waals surface area contributed by atoms with Gasteiger partial charge in [0.2, 0.25) is 0 Å². The number of rotatable bonds is 4. The van der Waals surface area contributed by atoms with E-state index in [1.807, 2.05) is 0 Å². The van der Waals surface area contributed by atoms with Gasteiger partial charge in [0, 0.05) is 23.8 Å². The summed E-state index contributed by atoms with van der Waals surface area (Å²) in [4.78, 5) is 13.7. The fourth-order valence-electron chi connectivity index (χ4n) is 2.65. The Bertz CT molecular complexity index is 648. The second kappa shape index (κ2) is 6.32. The number of benzene rings is 1. The molecule has 0 spiro atoms. The summed E-state index contributed by atoms with van der Waals surface area (Å²) in [5, 5.41) is 0. The number of carbonyl (C=O) groups excluding carboxylic acids is 1. The summed E-state index contributed by atoms with van der Waals surface area (Å²) in [6, 6.07) is 3.02. The summed E-state index contributed by atoms with van der Waals surface area (Å²) in [5.74, 6) is -0.779. The Hall–Kier alpha value is -1.14. The normalized spacial score (nSPS) is 19.0. The van der Waals surface area contributed by atoms with E-state index in [4.69, 9.17) is 10.7 Å². The minimum Gasteiger partial charge on any atom is -0.338 e. The molecule has 1 amide bonds. The first kappa shape index (κ1) is 16.2. The van der Waals surface area contributed by atoms with Crippen LogP contribution < -0.4 is 0 Å². The Labute approximate surface area is 128 Å². The van der Waals surface area contributed by atoms with Gasteiger partial charge < -0.3 is 4.90 Å². The number of hydrogen-bond donors (Lipinski definition) is 0. The molecule has 0 N–H and O–H groups in total. The lowest BCUT2D eigenvalue weighted by molar-refractivity contribution is 0.0781. The summed E-state index contributed by atoms with van der Waals surface area (Å²) in [6.45, 7) is 3.24. The van der Waals surface area contributed by atoms with Crippen molar-refractivity contribution in [2.24, 2.45) is 5.92 Å². The molecule has 2 rings (SSSR count). The van der Waals surface area contributed by atoms with Crippen molar-refractivity contribution in [3.8, 4) is 0 Å². The predicted molar refractivity (Wildman–Crippen MR) is 78.4 cm³/mol. The van der Waals surface area contributed by atoms with E-state index >= 15 is 0 Å². The summed E-state index contributed by atoms with van der Waals surface area (Å²) >= 11 is 0. The lowest BCUT2D eigenvalue weighted by atomic mass is 10.0. The SMILES string of the molecule is CCCC1CCN(C(=O)c2cc(S(=O)(=O)Cl)ccc2F)C1. The van der Waals surface area contributed by atoms with Crippen LogP contribution in [0, 0.1) is 11.7 Å². The van der Waals surface area contributed by atoms with Crippen LogP contribution in [0.25, 0.3) is 0 Å². The Kier molecular flexibility index (Phi) is 4.88. The van der Waals surface area contributed by atoms with Crippen LogP contribution in [0.15, 0.2) is 23.1 Å². The van der Waals surface area contributed by atoms with E-state index in [0.717, 1.165) is 37.5 Å². The zero-order chi connectivity index (χ0) is 15.6. The third-order valence-corrected chi connectivity index (χ3v) is 5.07. The highest BCUT2D eigenvalue weighted by molar-refractivity contribution is 8.13. The van der Waals surface area contributed by atoms with Gasteiger partial charge in [0.25, 0.3) is 15.0 Å². The Morgan fingerprint density at radius 1 is 1.48 bits per heavy atom. The molecule has 116 valence electrons. The quantitative estimate of drug-likeness (QED) is 0.796. The van der Waals surface area contributed by atoms with E-state index in [1.165, 1.54) is 0 Å². The predicted octanol–water partition coefficient (Wildman–Crippen LogP) is 3.02. The lowest BCUT2D eigenvalue weighted by Crippen LogP contribution is -2.29. The van der Waals surface area contributed by atoms with Gasteiger partial charge in [-0.3, -0.25) is 4.79 Å². The van der Waals surface area contributed by atoms with Crippen LogP contribution in [0.2, 0.25) is 0 Å². The molecule has 1 aromatic carbocycles. The molecule has 0 aromatic heterocycles. The number of likely N-dealkylation sites (tertiary alicyclic amines) is 1. The van der Waals surface area contributed by atoms with Crippen LogP contribution in [0.5, 0.6) is 0 Å². The van der Waals surface area contributed by atoms with Crippen molar-refractivity contribution in [2.45, 2.75) is 31.1 Å². The minimum absolute atomic E-state index is 0.242. The number of nitrogens with zero attached hydrogens (tertiary/aromatic N) is 1. The van der Waals surface area contributed by atoms with Gasteiger partial charge in [-0.2, -0.15) is 0 Å². The summed E-state index contributed by atoms with van der Waals surface area (Å²) < 4.78 is 36.4. The first-order valence-corrected chi connectivity index (χ1v) is 9.17. The van der Waals surface area contributed by atoms with Crippen LogP contribution in [0.4, 0.5) is 4.39 Å². The van der Waals surface area contributed by atoms with Crippen molar-refractivity contribution in [2.75, 3.05) is 13.1 Å². The molecular weight excluding hydrogens is 317 g/mol. The van der Waals surface area contributed by atoms with Crippen molar-refractivity contribution in [3.05, 3.63) is 29.6 Å². The fraction of sp³-hybridized carbons (Fsp3) is 0.500. The van der Waals surface area contributed by atoms with Gasteiger partial charge in [-0.15, -0.1) is 0 Å². The monoisotopic (exact) mass is 333 g/mol. The van der Waals surface area contributed by atoms with Crippen molar-refractivity contribution in [1.29, 1.82) is 0 Å². The van der Waals surface area contributed by atoms with Gasteiger partial charge in [0.05, 0.1) is 10.5 Å². The highest BCUT2D eigenvalue weighted by Gasteiger charge is 2.28. The van der Waals surface area contributed by atoms with Gasteiger partial charge in [0.15, 0.2) is 0 Å². The van der Waals surface area contributed by atoms with Crippen LogP contribution in [0.1, 0.15) is 36.5 Å². The molecule has 21 heavy (non-hydrogen) atoms. The first-order valence-electron chi connectivity index (χ1n) is 6.86. The van der Waals surface area contributed by atoms with Crippen LogP contribution >= 0.6 is 10.7 Å². The van der Waals surface area contributed by atoms with Gasteiger partial charge in [-0.1, -0.05) is 13.3 Å². The highest BCUT2D eigenvalue weighted by Crippen LogP contribution is 2.25. The summed E-state index contributed by atoms with van der Waals surface area (Å²) in [7, 11) is 1.25. The second-order valence-corrected chi connectivity index (χ2v) is 7.84. The number of hydrogen-bond acceptors (Lipinski definition) is 3. The minimum atomic E-state index is -3.98. The average molecular weight is 334 g/mol. The van der Waals surface area contributed by atoms with E-state index in [2.05, 4.69) is 6.92 Å². The van der Waals surface area contributed by atoms with Crippen LogP contribution in [-0.2, 0) is 9.05 Å². The molecule has 1 atom stereocenters. The molecule has 0 saturated carbocycles. The fourth-order valence-corrected chi connectivity index (χ4v) is 3.43. The molecule has 1 saturated heterocycles. The molecule has 0 aliphatic carbocycles. The number of carbonyl (C=O) groups is 1. The molecular formula is C14H17ClFNO3S. The molecule has 0 radical (unpaired) electrons. The third kappa shape index (κ3) is 3.74. The second-order valence-electron chi connectivity index (χ2n) is 5.27. The van der Waals surface area contributed by atoms with Crippen LogP contribution in [0.3, 0.4) is 0 Å². The standard InChI is InChI=1S/C14H17ClFNO3S/c1-2-3-10-6-7-17(9-10)14(18)12-8-11(21(15,19)20)4-5-13(12)16/h4-5,8,10H,2-3,6-7,9H2,1H3. The molecule has 1 aliphatic heterocycles. The topological polar surface area (TPSA) is 54.5 Å². The third-order valence-electron chi connectivity index (χ3n) is 3.72. The van der Waals surface area contributed by atoms with Crippen molar-refractivity contribution in [1.82, 2.24) is 4.90 Å². The molecule has 7 heteroatoms. The smallest absolute Gasteiger partial charge is 0.261 e. The molecule has 1 aliphatic rings. The summed E-state index contributed by atoms with van der Waals surface area (Å²) in [6.07, 6.45) is 2.97. The lowest BCUT2D eigenvalue weighted by Gasteiger charge is -2.17. The van der Waals surface area contributed by atoms with E-state index in [9.17, 15) is 17.6 Å². The zero-order valence-corrected chi connectivity index (χ0v) is 13.3. The molecule has 1 heterocycles. The van der Waals surface area contributed by atoms with Gasteiger partial charge in [0.1, 0.15) is 5.82 Å². The molecule has 1 unspecified atom stereocenters. The highest BCUT2D eigenvalue weighted by atomic mass is 35.7. The zero-order valence-electron chi connectivity index (χ0n) is 11.7. The Morgan fingerprint density at radius 2 is 2.19 bits per heavy atom. The van der Waals surface area contributed by atoms with Gasteiger partial charge in [-0.05, 0) is 37.0 Å². The molecule has 0 bridgehead atoms. The largest absolute Gasteiger partial charge is 0.338 e.